The van der Waals surface area contributed by atoms with Crippen LogP contribution in [0.4, 0.5) is 11.4 Å². The number of hydrogen-bond acceptors (Lipinski definition) is 3. The Bertz CT molecular complexity index is 706. The van der Waals surface area contributed by atoms with Crippen LogP contribution >= 0.6 is 0 Å². The largest absolute Gasteiger partial charge is 0.385 e. The predicted molar refractivity (Wildman–Crippen MR) is 78.3 cm³/mol. The van der Waals surface area contributed by atoms with Gasteiger partial charge >= 0.3 is 0 Å². The van der Waals surface area contributed by atoms with Gasteiger partial charge < -0.3 is 15.6 Å². The molecule has 2 aromatic rings. The van der Waals surface area contributed by atoms with E-state index in [1.807, 2.05) is 18.2 Å². The van der Waals surface area contributed by atoms with Crippen LogP contribution in [-0.2, 0) is 6.42 Å². The molecule has 0 unspecified atom stereocenters. The molecule has 5 heteroatoms. The summed E-state index contributed by atoms with van der Waals surface area (Å²) >= 11 is 0. The zero-order valence-corrected chi connectivity index (χ0v) is 10.9. The van der Waals surface area contributed by atoms with Gasteiger partial charge in [0.15, 0.2) is 5.43 Å². The number of carbonyl (C=O) groups is 1. The van der Waals surface area contributed by atoms with Crippen molar-refractivity contribution >= 4 is 17.3 Å². The molecule has 1 aromatic heterocycles. The Morgan fingerprint density at radius 1 is 1.25 bits per heavy atom. The maximum absolute atomic E-state index is 12.1. The molecule has 0 aliphatic carbocycles. The molecule has 20 heavy (non-hydrogen) atoms. The smallest absolute Gasteiger partial charge is 0.261 e. The molecular formula is C15H15N3O2. The van der Waals surface area contributed by atoms with Crippen LogP contribution in [-0.4, -0.2) is 17.4 Å². The molecule has 1 aliphatic heterocycles. The zero-order valence-electron chi connectivity index (χ0n) is 10.9. The molecule has 102 valence electrons. The van der Waals surface area contributed by atoms with Gasteiger partial charge in [-0.1, -0.05) is 6.07 Å². The van der Waals surface area contributed by atoms with Gasteiger partial charge in [0.25, 0.3) is 5.91 Å². The Hall–Kier alpha value is -2.56. The number of fused-ring (bicyclic) bond motifs is 1. The lowest BCUT2D eigenvalue weighted by molar-refractivity contribution is 0.102. The highest BCUT2D eigenvalue weighted by Gasteiger charge is 2.12. The number of rotatable bonds is 2. The van der Waals surface area contributed by atoms with E-state index < -0.39 is 5.91 Å². The molecule has 0 radical (unpaired) electrons. The lowest BCUT2D eigenvalue weighted by Gasteiger charge is -2.18. The van der Waals surface area contributed by atoms with Crippen LogP contribution in [0.25, 0.3) is 0 Å². The number of H-pyrrole nitrogens is 1. The fourth-order valence-electron chi connectivity index (χ4n) is 2.33. The highest BCUT2D eigenvalue weighted by molar-refractivity contribution is 6.04. The summed E-state index contributed by atoms with van der Waals surface area (Å²) in [5.41, 5.74) is 2.81. The van der Waals surface area contributed by atoms with Crippen molar-refractivity contribution in [1.29, 1.82) is 0 Å². The summed E-state index contributed by atoms with van der Waals surface area (Å²) in [6.45, 7) is 0.947. The number of carbonyl (C=O) groups excluding carboxylic acids is 1. The monoisotopic (exact) mass is 269 g/mol. The van der Waals surface area contributed by atoms with E-state index in [1.165, 1.54) is 24.0 Å². The van der Waals surface area contributed by atoms with Crippen molar-refractivity contribution < 1.29 is 4.79 Å². The van der Waals surface area contributed by atoms with Crippen molar-refractivity contribution in [2.75, 3.05) is 17.2 Å². The maximum atomic E-state index is 12.1. The number of hydrogen-bond donors (Lipinski definition) is 3. The van der Waals surface area contributed by atoms with E-state index in [2.05, 4.69) is 15.6 Å². The molecule has 3 rings (SSSR count). The molecule has 1 aliphatic rings. The Morgan fingerprint density at radius 3 is 3.00 bits per heavy atom. The topological polar surface area (TPSA) is 74.0 Å². The number of amides is 1. The summed E-state index contributed by atoms with van der Waals surface area (Å²) in [7, 11) is 0. The van der Waals surface area contributed by atoms with Crippen LogP contribution < -0.4 is 16.1 Å². The molecule has 3 N–H and O–H groups in total. The van der Waals surface area contributed by atoms with Gasteiger partial charge in [0.2, 0.25) is 0 Å². The fourth-order valence-corrected chi connectivity index (χ4v) is 2.33. The second kappa shape index (κ2) is 5.21. The molecule has 2 heterocycles. The summed E-state index contributed by atoms with van der Waals surface area (Å²) in [6.07, 6.45) is 5.09. The second-order valence-electron chi connectivity index (χ2n) is 4.78. The quantitative estimate of drug-likeness (QED) is 0.780. The van der Waals surface area contributed by atoms with E-state index >= 15 is 0 Å². The number of benzene rings is 1. The van der Waals surface area contributed by atoms with E-state index in [0.717, 1.165) is 25.1 Å². The van der Waals surface area contributed by atoms with Crippen LogP contribution in [0.15, 0.2) is 41.5 Å². The highest BCUT2D eigenvalue weighted by Crippen LogP contribution is 2.25. The van der Waals surface area contributed by atoms with Crippen molar-refractivity contribution in [3.63, 3.8) is 0 Å². The van der Waals surface area contributed by atoms with Gasteiger partial charge in [0.05, 0.1) is 0 Å². The average molecular weight is 269 g/mol. The van der Waals surface area contributed by atoms with Crippen molar-refractivity contribution in [3.05, 3.63) is 58.0 Å². The van der Waals surface area contributed by atoms with Crippen molar-refractivity contribution in [1.82, 2.24) is 4.98 Å². The maximum Gasteiger partial charge on any atom is 0.261 e. The molecule has 0 atom stereocenters. The highest BCUT2D eigenvalue weighted by atomic mass is 16.2. The fraction of sp³-hybridized carbons (Fsp3) is 0.200. The number of anilines is 2. The third kappa shape index (κ3) is 2.42. The van der Waals surface area contributed by atoms with Crippen LogP contribution in [0, 0.1) is 0 Å². The Morgan fingerprint density at radius 2 is 2.15 bits per heavy atom. The first-order chi connectivity index (χ1) is 9.74. The molecule has 0 spiro atoms. The molecule has 5 nitrogen and oxygen atoms in total. The lowest BCUT2D eigenvalue weighted by atomic mass is 10.0. The van der Waals surface area contributed by atoms with Gasteiger partial charge in [0, 0.05) is 36.4 Å². The number of pyridine rings is 1. The van der Waals surface area contributed by atoms with Gasteiger partial charge in [-0.05, 0) is 30.5 Å². The molecule has 1 amide bonds. The minimum Gasteiger partial charge on any atom is -0.385 e. The van der Waals surface area contributed by atoms with Gasteiger partial charge in [-0.3, -0.25) is 9.59 Å². The van der Waals surface area contributed by atoms with Crippen LogP contribution in [0.3, 0.4) is 0 Å². The normalized spacial score (nSPS) is 13.2. The zero-order chi connectivity index (χ0) is 13.9. The van der Waals surface area contributed by atoms with Crippen LogP contribution in [0.2, 0.25) is 0 Å². The summed E-state index contributed by atoms with van der Waals surface area (Å²) in [4.78, 5) is 26.4. The van der Waals surface area contributed by atoms with Gasteiger partial charge in [-0.25, -0.2) is 0 Å². The summed E-state index contributed by atoms with van der Waals surface area (Å²) < 4.78 is 0. The summed E-state index contributed by atoms with van der Waals surface area (Å²) in [5, 5.41) is 6.06. The van der Waals surface area contributed by atoms with Crippen molar-refractivity contribution in [2.45, 2.75) is 12.8 Å². The molecule has 0 saturated carbocycles. The van der Waals surface area contributed by atoms with Crippen molar-refractivity contribution in [3.8, 4) is 0 Å². The molecule has 0 bridgehead atoms. The van der Waals surface area contributed by atoms with E-state index in [4.69, 9.17) is 0 Å². The first-order valence-electron chi connectivity index (χ1n) is 6.59. The first-order valence-corrected chi connectivity index (χ1v) is 6.59. The minimum absolute atomic E-state index is 0.109. The number of nitrogens with one attached hydrogen (secondary N) is 3. The minimum atomic E-state index is -0.400. The third-order valence-corrected chi connectivity index (χ3v) is 3.37. The Balaban J connectivity index is 1.83. The Kier molecular flexibility index (Phi) is 3.25. The average Bonchev–Trinajstić information content (AvgIpc) is 2.47. The Labute approximate surface area is 116 Å². The third-order valence-electron chi connectivity index (χ3n) is 3.37. The summed E-state index contributed by atoms with van der Waals surface area (Å²) in [6, 6.07) is 7.11. The summed E-state index contributed by atoms with van der Waals surface area (Å²) in [5.74, 6) is -0.400. The van der Waals surface area contributed by atoms with Gasteiger partial charge in [-0.2, -0.15) is 0 Å². The van der Waals surface area contributed by atoms with Crippen LogP contribution in [0.1, 0.15) is 22.3 Å². The number of aryl methyl sites for hydroxylation is 1. The molecule has 1 aromatic carbocycles. The number of aromatic nitrogens is 1. The van der Waals surface area contributed by atoms with Crippen molar-refractivity contribution in [2.24, 2.45) is 0 Å². The lowest BCUT2D eigenvalue weighted by Crippen LogP contribution is -2.21. The van der Waals surface area contributed by atoms with Gasteiger partial charge in [0.1, 0.15) is 5.56 Å². The molecule has 0 fully saturated rings. The molecular weight excluding hydrogens is 254 g/mol. The SMILES string of the molecule is O=C(Nc1ccc2c(c1)NCCC2)c1c[nH]ccc1=O. The van der Waals surface area contributed by atoms with Gasteiger partial charge in [-0.15, -0.1) is 0 Å². The van der Waals surface area contributed by atoms with E-state index in [9.17, 15) is 9.59 Å². The van der Waals surface area contributed by atoms with Crippen LogP contribution in [0.5, 0.6) is 0 Å². The first kappa shape index (κ1) is 12.5. The second-order valence-corrected chi connectivity index (χ2v) is 4.78. The van der Waals surface area contributed by atoms with E-state index in [-0.39, 0.29) is 11.0 Å². The van der Waals surface area contributed by atoms with E-state index in [1.54, 1.807) is 0 Å². The molecule has 0 saturated heterocycles. The number of aromatic amines is 1. The standard InChI is InChI=1S/C15H15N3O2/c19-14-5-7-16-9-12(14)15(20)18-11-4-3-10-2-1-6-17-13(10)8-11/h3-5,7-9,17H,1-2,6H2,(H,16,19)(H,18,20). The van der Waals surface area contributed by atoms with E-state index in [0.29, 0.717) is 5.69 Å². The predicted octanol–water partition coefficient (Wildman–Crippen LogP) is 1.99.